The van der Waals surface area contributed by atoms with Crippen molar-refractivity contribution in [2.24, 2.45) is 5.92 Å². The third kappa shape index (κ3) is 9.81. The molecule has 3 heterocycles. The number of rotatable bonds is 5. The first-order chi connectivity index (χ1) is 23.3. The van der Waals surface area contributed by atoms with Crippen LogP contribution >= 0.6 is 0 Å². The maximum atomic E-state index is 13.9. The second-order valence-corrected chi connectivity index (χ2v) is 13.9. The van der Waals surface area contributed by atoms with Gasteiger partial charge in [-0.15, -0.1) is 0 Å². The second-order valence-electron chi connectivity index (χ2n) is 13.9. The van der Waals surface area contributed by atoms with Crippen molar-refractivity contribution in [3.63, 3.8) is 0 Å². The molecule has 0 aromatic rings. The van der Waals surface area contributed by atoms with Crippen LogP contribution in [0.15, 0.2) is 23.5 Å². The molecule has 0 aromatic carbocycles. The first-order valence-electron chi connectivity index (χ1n) is 17.5. The number of allylic oxidation sites excluding steroid dienone is 4. The van der Waals surface area contributed by atoms with Crippen molar-refractivity contribution < 1.29 is 44.1 Å². The molecular formula is C34H52N6O9. The van der Waals surface area contributed by atoms with Gasteiger partial charge in [0.1, 0.15) is 30.2 Å². The van der Waals surface area contributed by atoms with Crippen LogP contribution in [-0.2, 0) is 28.8 Å². The smallest absolute Gasteiger partial charge is 0.248 e. The molecule has 3 aliphatic heterocycles. The van der Waals surface area contributed by atoms with E-state index in [0.717, 1.165) is 5.57 Å². The van der Waals surface area contributed by atoms with E-state index in [2.05, 4.69) is 21.3 Å². The summed E-state index contributed by atoms with van der Waals surface area (Å²) in [5.74, 6) is -3.16. The van der Waals surface area contributed by atoms with Crippen molar-refractivity contribution in [2.45, 2.75) is 127 Å². The van der Waals surface area contributed by atoms with Gasteiger partial charge in [-0.05, 0) is 77.2 Å². The molecule has 8 atom stereocenters. The van der Waals surface area contributed by atoms with Gasteiger partial charge in [0.15, 0.2) is 0 Å². The van der Waals surface area contributed by atoms with E-state index in [1.165, 1.54) is 23.6 Å². The van der Waals surface area contributed by atoms with Gasteiger partial charge in [0, 0.05) is 32.5 Å². The fraction of sp³-hybridized carbons (Fsp3) is 0.706. The molecule has 3 saturated heterocycles. The largest absolute Gasteiger partial charge is 0.512 e. The summed E-state index contributed by atoms with van der Waals surface area (Å²) in [4.78, 5) is 83.9. The molecule has 0 bridgehead atoms. The van der Waals surface area contributed by atoms with Crippen molar-refractivity contribution >= 4 is 35.4 Å². The second kappa shape index (κ2) is 17.1. The Bertz CT molecular complexity index is 1330. The summed E-state index contributed by atoms with van der Waals surface area (Å²) in [5.41, 5.74) is 0.943. The Hall–Kier alpha value is -3.98. The van der Waals surface area contributed by atoms with E-state index in [1.807, 2.05) is 6.92 Å². The van der Waals surface area contributed by atoms with E-state index in [9.17, 15) is 44.1 Å². The van der Waals surface area contributed by atoms with Gasteiger partial charge in [-0.3, -0.25) is 28.8 Å². The molecule has 49 heavy (non-hydrogen) atoms. The molecule has 0 unspecified atom stereocenters. The van der Waals surface area contributed by atoms with Crippen LogP contribution in [0.2, 0.25) is 0 Å². The summed E-state index contributed by atoms with van der Waals surface area (Å²) in [6.45, 7) is 5.36. The summed E-state index contributed by atoms with van der Waals surface area (Å²) in [5, 5.41) is 41.8. The summed E-state index contributed by atoms with van der Waals surface area (Å²) >= 11 is 0. The number of hydrogen-bond donors (Lipinski definition) is 7. The number of nitrogens with one attached hydrogen (secondary N) is 4. The molecule has 0 aromatic heterocycles. The van der Waals surface area contributed by atoms with E-state index < -0.39 is 72.0 Å². The number of nitrogens with zero attached hydrogens (tertiary/aromatic N) is 2. The van der Waals surface area contributed by atoms with Gasteiger partial charge in [0.25, 0.3) is 0 Å². The van der Waals surface area contributed by atoms with Crippen LogP contribution < -0.4 is 21.3 Å². The average molecular weight is 689 g/mol. The number of amides is 6. The van der Waals surface area contributed by atoms with Gasteiger partial charge in [-0.25, -0.2) is 0 Å². The lowest BCUT2D eigenvalue weighted by molar-refractivity contribution is -0.145. The minimum atomic E-state index is -1.40. The van der Waals surface area contributed by atoms with E-state index in [4.69, 9.17) is 0 Å². The highest BCUT2D eigenvalue weighted by atomic mass is 16.3. The molecule has 15 heteroatoms. The minimum absolute atomic E-state index is 0.0116. The topological polar surface area (TPSA) is 218 Å². The van der Waals surface area contributed by atoms with Gasteiger partial charge < -0.3 is 46.4 Å². The minimum Gasteiger partial charge on any atom is -0.512 e. The fourth-order valence-electron chi connectivity index (χ4n) is 6.96. The number of aliphatic hydroxyl groups is 3. The highest BCUT2D eigenvalue weighted by molar-refractivity contribution is 5.97. The highest BCUT2D eigenvalue weighted by Gasteiger charge is 2.43. The molecule has 6 amide bonds. The third-order valence-electron chi connectivity index (χ3n) is 9.78. The Labute approximate surface area is 286 Å². The molecule has 272 valence electrons. The Morgan fingerprint density at radius 1 is 0.796 bits per heavy atom. The van der Waals surface area contributed by atoms with Crippen LogP contribution in [0, 0.1) is 5.92 Å². The van der Waals surface area contributed by atoms with Crippen LogP contribution in [-0.4, -0.2) is 123 Å². The zero-order chi connectivity index (χ0) is 35.8. The molecule has 4 rings (SSSR count). The van der Waals surface area contributed by atoms with E-state index >= 15 is 0 Å². The molecule has 7 N–H and O–H groups in total. The van der Waals surface area contributed by atoms with Crippen LogP contribution in [0.3, 0.4) is 0 Å². The molecule has 0 spiro atoms. The Morgan fingerprint density at radius 3 is 2.16 bits per heavy atom. The van der Waals surface area contributed by atoms with Crippen LogP contribution in [0.5, 0.6) is 0 Å². The standard InChI is InChI=1S/C34H52N6O9/c1-19-17-26-31(46)35-15-5-4-8-27(44)37-28(20(2)41)33(48)39-16-6-7-25(39)32(47)36-24(14-11-22-9-12-23(43)13-10-22)30(45)38-29(21(3)42)34(49)40(26)18-19/h9,12,19-21,24-26,28-29,41-43H,4-8,10-11,13-18H2,1-3H3,(H,35,46)(H,36,47)(H,37,44)(H,38,45)/t19-,20-,21-,24+,25+,26+,28+,29+/m1/s1. The lowest BCUT2D eigenvalue weighted by Gasteiger charge is -2.32. The number of carbonyl (C=O) groups excluding carboxylic acids is 6. The third-order valence-corrected chi connectivity index (χ3v) is 9.78. The van der Waals surface area contributed by atoms with Crippen molar-refractivity contribution in [3.05, 3.63) is 23.5 Å². The fourth-order valence-corrected chi connectivity index (χ4v) is 6.96. The lowest BCUT2D eigenvalue weighted by atomic mass is 9.96. The molecule has 0 saturated carbocycles. The zero-order valence-corrected chi connectivity index (χ0v) is 28.7. The van der Waals surface area contributed by atoms with Crippen molar-refractivity contribution in [2.75, 3.05) is 19.6 Å². The molecular weight excluding hydrogens is 636 g/mol. The van der Waals surface area contributed by atoms with Crippen molar-refractivity contribution in [1.29, 1.82) is 0 Å². The van der Waals surface area contributed by atoms with Gasteiger partial charge in [-0.2, -0.15) is 0 Å². The van der Waals surface area contributed by atoms with E-state index in [0.29, 0.717) is 51.4 Å². The van der Waals surface area contributed by atoms with Crippen LogP contribution in [0.4, 0.5) is 0 Å². The molecule has 4 aliphatic rings. The maximum Gasteiger partial charge on any atom is 0.248 e. The predicted octanol–water partition coefficient (Wildman–Crippen LogP) is -0.327. The first kappa shape index (κ1) is 37.8. The van der Waals surface area contributed by atoms with Crippen LogP contribution in [0.25, 0.3) is 0 Å². The summed E-state index contributed by atoms with van der Waals surface area (Å²) in [6.07, 6.45) is 4.33. The predicted molar refractivity (Wildman–Crippen MR) is 177 cm³/mol. The monoisotopic (exact) mass is 688 g/mol. The normalized spacial score (nSPS) is 31.2. The van der Waals surface area contributed by atoms with E-state index in [-0.39, 0.29) is 50.1 Å². The number of carbonyl (C=O) groups is 6. The van der Waals surface area contributed by atoms with Gasteiger partial charge in [0.2, 0.25) is 35.4 Å². The average Bonchev–Trinajstić information content (AvgIpc) is 3.71. The maximum absolute atomic E-state index is 13.9. The summed E-state index contributed by atoms with van der Waals surface area (Å²) in [6, 6.07) is -5.64. The van der Waals surface area contributed by atoms with Crippen molar-refractivity contribution in [1.82, 2.24) is 31.1 Å². The first-order valence-corrected chi connectivity index (χ1v) is 17.5. The summed E-state index contributed by atoms with van der Waals surface area (Å²) < 4.78 is 0. The molecule has 1 aliphatic carbocycles. The molecule has 0 radical (unpaired) electrons. The van der Waals surface area contributed by atoms with Crippen molar-refractivity contribution in [3.8, 4) is 0 Å². The number of aliphatic hydroxyl groups excluding tert-OH is 3. The molecule has 3 fully saturated rings. The number of fused-ring (bicyclic) bond motifs is 2. The van der Waals surface area contributed by atoms with Gasteiger partial charge in [0.05, 0.1) is 18.0 Å². The highest BCUT2D eigenvalue weighted by Crippen LogP contribution is 2.26. The zero-order valence-electron chi connectivity index (χ0n) is 28.7. The SMILES string of the molecule is C[C@@H]1C[C@H]2C(=O)NCCCCC(=O)N[C@@H]([C@@H](C)O)C(=O)N3CCC[C@H]3C(=O)N[C@@H](CCC3=CC=C(O)CC3)C(=O)N[C@@H]([C@@H](C)O)C(=O)N2C1. The van der Waals surface area contributed by atoms with Gasteiger partial charge in [-0.1, -0.05) is 18.6 Å². The quantitative estimate of drug-likeness (QED) is 0.201. The lowest BCUT2D eigenvalue weighted by Crippen LogP contribution is -2.61. The number of hydrogen-bond acceptors (Lipinski definition) is 9. The van der Waals surface area contributed by atoms with E-state index in [1.54, 1.807) is 12.2 Å². The Morgan fingerprint density at radius 2 is 1.49 bits per heavy atom. The van der Waals surface area contributed by atoms with Crippen LogP contribution in [0.1, 0.15) is 85.0 Å². The Kier molecular flexibility index (Phi) is 13.2. The Balaban J connectivity index is 1.64. The van der Waals surface area contributed by atoms with Gasteiger partial charge >= 0.3 is 0 Å². The molecule has 15 nitrogen and oxygen atoms in total. The summed E-state index contributed by atoms with van der Waals surface area (Å²) in [7, 11) is 0.